The predicted octanol–water partition coefficient (Wildman–Crippen LogP) is 3.33. The van der Waals surface area contributed by atoms with Crippen molar-refractivity contribution in [2.45, 2.75) is 25.3 Å². The topological polar surface area (TPSA) is 46.2 Å². The maximum Gasteiger partial charge on any atom is 0.224 e. The fraction of sp³-hybridized carbons (Fsp3) is 0.350. The van der Waals surface area contributed by atoms with Crippen LogP contribution in [0.2, 0.25) is 0 Å². The minimum atomic E-state index is -0.968. The minimum absolute atomic E-state index is 0.0302. The third-order valence-corrected chi connectivity index (χ3v) is 5.44. The Morgan fingerprint density at radius 3 is 2.50 bits per heavy atom. The molecule has 2 aromatic rings. The molecular weight excluding hydrogens is 318 g/mol. The highest BCUT2D eigenvalue weighted by Crippen LogP contribution is 2.48. The number of benzene rings is 2. The fourth-order valence-corrected chi connectivity index (χ4v) is 4.00. The summed E-state index contributed by atoms with van der Waals surface area (Å²) in [5.41, 5.74) is 3.52. The second-order valence-electron chi connectivity index (χ2n) is 6.52. The van der Waals surface area contributed by atoms with Crippen molar-refractivity contribution in [3.63, 3.8) is 0 Å². The first kappa shape index (κ1) is 16.9. The van der Waals surface area contributed by atoms with Gasteiger partial charge in [0.05, 0.1) is 6.04 Å². The number of amides is 1. The van der Waals surface area contributed by atoms with Gasteiger partial charge < -0.3 is 5.32 Å². The Labute approximate surface area is 145 Å². The van der Waals surface area contributed by atoms with E-state index in [9.17, 15) is 9.00 Å². The van der Waals surface area contributed by atoms with Gasteiger partial charge in [-0.25, -0.2) is 0 Å². The third kappa shape index (κ3) is 3.93. The molecule has 0 bridgehead atoms. The van der Waals surface area contributed by atoms with Crippen molar-refractivity contribution in [3.05, 3.63) is 71.3 Å². The highest BCUT2D eigenvalue weighted by molar-refractivity contribution is 7.84. The zero-order valence-corrected chi connectivity index (χ0v) is 14.9. The van der Waals surface area contributed by atoms with Gasteiger partial charge in [-0.05, 0) is 36.0 Å². The van der Waals surface area contributed by atoms with Crippen LogP contribution in [0.5, 0.6) is 0 Å². The lowest BCUT2D eigenvalue weighted by molar-refractivity contribution is -0.123. The Morgan fingerprint density at radius 1 is 1.17 bits per heavy atom. The molecule has 0 aromatic heterocycles. The molecule has 0 spiro atoms. The van der Waals surface area contributed by atoms with Gasteiger partial charge in [-0.1, -0.05) is 54.6 Å². The Bertz CT molecular complexity index is 744. The molecule has 24 heavy (non-hydrogen) atoms. The molecule has 3 nitrogen and oxygen atoms in total. The molecule has 4 heteroatoms. The van der Waals surface area contributed by atoms with E-state index in [4.69, 9.17) is 0 Å². The summed E-state index contributed by atoms with van der Waals surface area (Å²) in [6, 6.07) is 17.9. The Morgan fingerprint density at radius 2 is 1.83 bits per heavy atom. The van der Waals surface area contributed by atoms with Gasteiger partial charge in [-0.15, -0.1) is 0 Å². The molecule has 1 aliphatic rings. The summed E-state index contributed by atoms with van der Waals surface area (Å²) < 4.78 is 11.7. The van der Waals surface area contributed by atoms with Crippen LogP contribution in [0.25, 0.3) is 0 Å². The zero-order valence-electron chi connectivity index (χ0n) is 14.1. The summed E-state index contributed by atoms with van der Waals surface area (Å²) in [5, 5.41) is 3.11. The summed E-state index contributed by atoms with van der Waals surface area (Å²) in [7, 11) is -0.968. The van der Waals surface area contributed by atoms with Crippen LogP contribution in [-0.4, -0.2) is 22.1 Å². The van der Waals surface area contributed by atoms with Gasteiger partial charge in [0, 0.05) is 28.7 Å². The summed E-state index contributed by atoms with van der Waals surface area (Å²) in [4.78, 5) is 12.7. The van der Waals surface area contributed by atoms with Crippen molar-refractivity contribution in [2.75, 3.05) is 12.0 Å². The highest BCUT2D eigenvalue weighted by Gasteiger charge is 2.44. The molecule has 4 atom stereocenters. The van der Waals surface area contributed by atoms with E-state index in [1.54, 1.807) is 6.26 Å². The van der Waals surface area contributed by atoms with Gasteiger partial charge in [-0.3, -0.25) is 9.00 Å². The van der Waals surface area contributed by atoms with Crippen LogP contribution >= 0.6 is 0 Å². The lowest BCUT2D eigenvalue weighted by Crippen LogP contribution is -2.33. The van der Waals surface area contributed by atoms with E-state index in [2.05, 4.69) is 24.4 Å². The number of nitrogens with one attached hydrogen (secondary N) is 1. The number of hydrogen-bond donors (Lipinski definition) is 1. The van der Waals surface area contributed by atoms with E-state index in [1.165, 1.54) is 11.1 Å². The summed E-state index contributed by atoms with van der Waals surface area (Å²) in [5.74, 6) is 0.859. The summed E-state index contributed by atoms with van der Waals surface area (Å²) >= 11 is 0. The van der Waals surface area contributed by atoms with Gasteiger partial charge in [0.2, 0.25) is 5.91 Å². The van der Waals surface area contributed by atoms with Crippen LogP contribution in [0.3, 0.4) is 0 Å². The molecule has 0 aliphatic heterocycles. The van der Waals surface area contributed by atoms with Crippen molar-refractivity contribution in [2.24, 2.45) is 5.92 Å². The van der Waals surface area contributed by atoms with Crippen LogP contribution in [0.1, 0.15) is 35.1 Å². The number of carbonyl (C=O) groups excluding carboxylic acids is 1. The Kier molecular flexibility index (Phi) is 5.14. The fourth-order valence-electron chi connectivity index (χ4n) is 3.25. The van der Waals surface area contributed by atoms with E-state index in [1.807, 2.05) is 42.5 Å². The Balaban J connectivity index is 1.69. The first-order chi connectivity index (χ1) is 11.6. The quantitative estimate of drug-likeness (QED) is 0.876. The van der Waals surface area contributed by atoms with E-state index in [0.717, 1.165) is 12.0 Å². The van der Waals surface area contributed by atoms with E-state index in [0.29, 0.717) is 11.7 Å². The molecule has 3 rings (SSSR count). The molecule has 2 aromatic carbocycles. The van der Waals surface area contributed by atoms with Gasteiger partial charge in [0.15, 0.2) is 0 Å². The van der Waals surface area contributed by atoms with Crippen molar-refractivity contribution in [3.8, 4) is 0 Å². The van der Waals surface area contributed by atoms with Crippen LogP contribution < -0.4 is 5.32 Å². The van der Waals surface area contributed by atoms with Gasteiger partial charge in [-0.2, -0.15) is 0 Å². The van der Waals surface area contributed by atoms with Gasteiger partial charge in [0.25, 0.3) is 0 Å². The van der Waals surface area contributed by atoms with Crippen LogP contribution in [0.4, 0.5) is 0 Å². The lowest BCUT2D eigenvalue weighted by atomic mass is 10.0. The molecule has 0 unspecified atom stereocenters. The number of rotatable bonds is 6. The predicted molar refractivity (Wildman–Crippen MR) is 98.3 cm³/mol. The zero-order chi connectivity index (χ0) is 17.1. The largest absolute Gasteiger partial charge is 0.348 e. The molecule has 0 heterocycles. The van der Waals surface area contributed by atoms with Crippen molar-refractivity contribution in [1.82, 2.24) is 5.32 Å². The van der Waals surface area contributed by atoms with E-state index >= 15 is 0 Å². The first-order valence-corrected chi connectivity index (χ1v) is 10.00. The van der Waals surface area contributed by atoms with E-state index in [-0.39, 0.29) is 17.9 Å². The molecule has 1 N–H and O–H groups in total. The average molecular weight is 341 g/mol. The second-order valence-corrected chi connectivity index (χ2v) is 8.00. The van der Waals surface area contributed by atoms with Crippen molar-refractivity contribution < 1.29 is 9.00 Å². The minimum Gasteiger partial charge on any atom is -0.348 e. The number of aryl methyl sites for hydroxylation is 1. The van der Waals surface area contributed by atoms with Crippen molar-refractivity contribution in [1.29, 1.82) is 0 Å². The molecule has 0 radical (unpaired) electrons. The number of carbonyl (C=O) groups is 1. The monoisotopic (exact) mass is 341 g/mol. The maximum atomic E-state index is 12.7. The normalized spacial score (nSPS) is 21.8. The average Bonchev–Trinajstić information content (AvgIpc) is 3.35. The third-order valence-electron chi connectivity index (χ3n) is 4.63. The molecule has 1 saturated carbocycles. The molecule has 1 aliphatic carbocycles. The highest BCUT2D eigenvalue weighted by atomic mass is 32.2. The Hall–Kier alpha value is -1.94. The molecule has 1 amide bonds. The second kappa shape index (κ2) is 7.31. The van der Waals surface area contributed by atoms with Crippen molar-refractivity contribution >= 4 is 16.7 Å². The molecule has 1 fully saturated rings. The van der Waals surface area contributed by atoms with Crippen LogP contribution in [0.15, 0.2) is 54.6 Å². The first-order valence-electron chi connectivity index (χ1n) is 8.27. The SMILES string of the molecule is Cc1ccccc1[C@@H]1C[C@@H]1C(=O)N[C@H](C[S@@](C)=O)c1ccccc1. The maximum absolute atomic E-state index is 12.7. The van der Waals surface area contributed by atoms with Gasteiger partial charge in [0.1, 0.15) is 0 Å². The van der Waals surface area contributed by atoms with Crippen LogP contribution in [-0.2, 0) is 15.6 Å². The van der Waals surface area contributed by atoms with E-state index < -0.39 is 10.8 Å². The van der Waals surface area contributed by atoms with Gasteiger partial charge >= 0.3 is 0 Å². The summed E-state index contributed by atoms with van der Waals surface area (Å²) in [6.45, 7) is 2.09. The van der Waals surface area contributed by atoms with Crippen LogP contribution in [0, 0.1) is 12.8 Å². The summed E-state index contributed by atoms with van der Waals surface area (Å²) in [6.07, 6.45) is 2.57. The smallest absolute Gasteiger partial charge is 0.224 e. The molecule has 126 valence electrons. The molecular formula is C20H23NO2S. The standard InChI is InChI=1S/C20H23NO2S/c1-14-8-6-7-11-16(14)17-12-18(17)20(22)21-19(13-24(2)23)15-9-4-3-5-10-15/h3-11,17-19H,12-13H2,1-2H3,(H,21,22)/t17-,18-,19+,24+/m0/s1. The molecule has 0 saturated heterocycles. The number of hydrogen-bond acceptors (Lipinski definition) is 2. The lowest BCUT2D eigenvalue weighted by Gasteiger charge is -2.18.